The molecule has 1 aliphatic rings. The Kier molecular flexibility index (Phi) is 5.01. The average molecular weight is 285 g/mol. The molecule has 0 bridgehead atoms. The third-order valence-electron chi connectivity index (χ3n) is 2.40. The van der Waals surface area contributed by atoms with Crippen LogP contribution in [0.1, 0.15) is 6.42 Å². The van der Waals surface area contributed by atoms with Crippen LogP contribution in [0.3, 0.4) is 0 Å². The van der Waals surface area contributed by atoms with Crippen molar-refractivity contribution in [2.75, 3.05) is 13.1 Å². The van der Waals surface area contributed by atoms with Crippen molar-refractivity contribution in [3.05, 3.63) is 40.6 Å². The van der Waals surface area contributed by atoms with Crippen LogP contribution in [0.5, 0.6) is 0 Å². The van der Waals surface area contributed by atoms with Crippen molar-refractivity contribution < 1.29 is 0 Å². The lowest BCUT2D eigenvalue weighted by Crippen LogP contribution is -2.21. The standard InChI is InChI=1S/C9H6Cl2N2.C3H8N2/c10-7-8(11)13-9(12-7)6-4-2-1-3-5-6;1-2-4-5-3-1/h1-5H,(H,12,13);4-5H,1-3H2. The minimum atomic E-state index is 0.306. The van der Waals surface area contributed by atoms with Crippen LogP contribution in [0, 0.1) is 0 Å². The zero-order valence-corrected chi connectivity index (χ0v) is 11.2. The number of aromatic nitrogens is 2. The van der Waals surface area contributed by atoms with Gasteiger partial charge in [0.15, 0.2) is 5.15 Å². The van der Waals surface area contributed by atoms with Gasteiger partial charge in [-0.2, -0.15) is 0 Å². The highest BCUT2D eigenvalue weighted by molar-refractivity contribution is 6.40. The minimum Gasteiger partial charge on any atom is -0.328 e. The Balaban J connectivity index is 0.000000202. The second-order valence-corrected chi connectivity index (χ2v) is 4.50. The summed E-state index contributed by atoms with van der Waals surface area (Å²) >= 11 is 11.4. The summed E-state index contributed by atoms with van der Waals surface area (Å²) in [7, 11) is 0. The molecule has 4 nitrogen and oxygen atoms in total. The van der Waals surface area contributed by atoms with Crippen molar-refractivity contribution in [1.82, 2.24) is 20.8 Å². The third kappa shape index (κ3) is 3.71. The van der Waals surface area contributed by atoms with E-state index in [0.29, 0.717) is 16.1 Å². The number of nitrogens with zero attached hydrogens (tertiary/aromatic N) is 1. The zero-order valence-electron chi connectivity index (χ0n) is 9.71. The number of nitrogens with one attached hydrogen (secondary N) is 3. The van der Waals surface area contributed by atoms with Gasteiger partial charge in [0.05, 0.1) is 0 Å². The van der Waals surface area contributed by atoms with Gasteiger partial charge in [0.1, 0.15) is 11.0 Å². The molecular formula is C12H14Cl2N4. The van der Waals surface area contributed by atoms with Crippen LogP contribution in [0.2, 0.25) is 10.3 Å². The number of hydrogen-bond acceptors (Lipinski definition) is 3. The Bertz CT molecular complexity index is 453. The molecule has 1 aliphatic heterocycles. The molecule has 3 N–H and O–H groups in total. The quantitative estimate of drug-likeness (QED) is 0.755. The lowest BCUT2D eigenvalue weighted by Gasteiger charge is -1.93. The molecule has 2 heterocycles. The van der Waals surface area contributed by atoms with E-state index in [0.717, 1.165) is 18.7 Å². The van der Waals surface area contributed by atoms with Gasteiger partial charge >= 0.3 is 0 Å². The minimum absolute atomic E-state index is 0.306. The number of benzene rings is 1. The van der Waals surface area contributed by atoms with Gasteiger partial charge in [-0.3, -0.25) is 10.9 Å². The second-order valence-electron chi connectivity index (χ2n) is 3.76. The van der Waals surface area contributed by atoms with E-state index in [1.165, 1.54) is 6.42 Å². The summed E-state index contributed by atoms with van der Waals surface area (Å²) in [4.78, 5) is 6.94. The Morgan fingerprint density at radius 1 is 1.00 bits per heavy atom. The van der Waals surface area contributed by atoms with E-state index in [2.05, 4.69) is 20.8 Å². The summed E-state index contributed by atoms with van der Waals surface area (Å²) in [6.45, 7) is 2.28. The topological polar surface area (TPSA) is 52.7 Å². The van der Waals surface area contributed by atoms with Gasteiger partial charge in [0.25, 0.3) is 0 Å². The highest BCUT2D eigenvalue weighted by atomic mass is 35.5. The molecule has 2 aromatic rings. The summed E-state index contributed by atoms with van der Waals surface area (Å²) in [5.74, 6) is 0.690. The van der Waals surface area contributed by atoms with Crippen molar-refractivity contribution >= 4 is 23.2 Å². The van der Waals surface area contributed by atoms with E-state index >= 15 is 0 Å². The molecule has 0 unspecified atom stereocenters. The number of hydrogen-bond donors (Lipinski definition) is 3. The number of rotatable bonds is 1. The van der Waals surface area contributed by atoms with Crippen LogP contribution in [0.4, 0.5) is 0 Å². The first-order valence-corrected chi connectivity index (χ1v) is 6.45. The first-order valence-electron chi connectivity index (χ1n) is 5.69. The van der Waals surface area contributed by atoms with E-state index in [1.807, 2.05) is 30.3 Å². The lowest BCUT2D eigenvalue weighted by atomic mass is 10.2. The predicted octanol–water partition coefficient (Wildman–Crippen LogP) is 2.87. The second kappa shape index (κ2) is 6.75. The summed E-state index contributed by atoms with van der Waals surface area (Å²) in [5.41, 5.74) is 6.91. The van der Waals surface area contributed by atoms with E-state index < -0.39 is 0 Å². The highest BCUT2D eigenvalue weighted by Crippen LogP contribution is 2.23. The molecule has 18 heavy (non-hydrogen) atoms. The number of halogens is 2. The molecule has 0 atom stereocenters. The normalized spacial score (nSPS) is 14.1. The van der Waals surface area contributed by atoms with E-state index in [9.17, 15) is 0 Å². The van der Waals surface area contributed by atoms with Gasteiger partial charge in [-0.1, -0.05) is 53.5 Å². The summed E-state index contributed by atoms with van der Waals surface area (Å²) in [6.07, 6.45) is 1.28. The SMILES string of the molecule is C1CNNC1.Clc1nc(-c2ccccc2)[nH]c1Cl. The van der Waals surface area contributed by atoms with Gasteiger partial charge in [-0.05, 0) is 6.42 Å². The number of imidazole rings is 1. The molecule has 0 spiro atoms. The van der Waals surface area contributed by atoms with Crippen LogP contribution >= 0.6 is 23.2 Å². The fourth-order valence-corrected chi connectivity index (χ4v) is 1.77. The lowest BCUT2D eigenvalue weighted by molar-refractivity contribution is 0.689. The van der Waals surface area contributed by atoms with Crippen LogP contribution in [-0.2, 0) is 0 Å². The Morgan fingerprint density at radius 2 is 1.67 bits per heavy atom. The largest absolute Gasteiger partial charge is 0.328 e. The van der Waals surface area contributed by atoms with E-state index in [-0.39, 0.29) is 0 Å². The molecule has 0 saturated carbocycles. The smallest absolute Gasteiger partial charge is 0.166 e. The Morgan fingerprint density at radius 3 is 2.11 bits per heavy atom. The van der Waals surface area contributed by atoms with E-state index in [4.69, 9.17) is 23.2 Å². The molecule has 1 aromatic carbocycles. The fraction of sp³-hybridized carbons (Fsp3) is 0.250. The Labute approximate surface area is 116 Å². The van der Waals surface area contributed by atoms with Crippen molar-refractivity contribution in [3.8, 4) is 11.4 Å². The maximum absolute atomic E-state index is 5.73. The van der Waals surface area contributed by atoms with Gasteiger partial charge in [-0.15, -0.1) is 0 Å². The van der Waals surface area contributed by atoms with Crippen LogP contribution in [-0.4, -0.2) is 23.1 Å². The summed E-state index contributed by atoms with van der Waals surface area (Å²) in [5, 5.41) is 0.682. The molecule has 0 aliphatic carbocycles. The predicted molar refractivity (Wildman–Crippen MR) is 74.7 cm³/mol. The molecule has 3 rings (SSSR count). The molecule has 6 heteroatoms. The molecular weight excluding hydrogens is 271 g/mol. The number of H-pyrrole nitrogens is 1. The van der Waals surface area contributed by atoms with Crippen LogP contribution in [0.15, 0.2) is 30.3 Å². The molecule has 96 valence electrons. The summed E-state index contributed by atoms with van der Waals surface area (Å²) in [6, 6.07) is 9.67. The first-order chi connectivity index (χ1) is 8.77. The monoisotopic (exact) mass is 284 g/mol. The van der Waals surface area contributed by atoms with Gasteiger partial charge in [0, 0.05) is 18.7 Å². The first kappa shape index (κ1) is 13.4. The summed E-state index contributed by atoms with van der Waals surface area (Å²) < 4.78 is 0. The molecule has 1 aromatic heterocycles. The van der Waals surface area contributed by atoms with E-state index in [1.54, 1.807) is 0 Å². The fourth-order valence-electron chi connectivity index (χ4n) is 1.51. The van der Waals surface area contributed by atoms with Crippen molar-refractivity contribution in [1.29, 1.82) is 0 Å². The maximum atomic E-state index is 5.73. The molecule has 1 fully saturated rings. The van der Waals surface area contributed by atoms with Crippen molar-refractivity contribution in [2.24, 2.45) is 0 Å². The molecule has 0 radical (unpaired) electrons. The highest BCUT2D eigenvalue weighted by Gasteiger charge is 2.06. The molecule has 1 saturated heterocycles. The molecule has 0 amide bonds. The van der Waals surface area contributed by atoms with Gasteiger partial charge in [-0.25, -0.2) is 4.98 Å². The van der Waals surface area contributed by atoms with Gasteiger partial charge < -0.3 is 4.98 Å². The number of hydrazine groups is 1. The van der Waals surface area contributed by atoms with Crippen molar-refractivity contribution in [2.45, 2.75) is 6.42 Å². The zero-order chi connectivity index (χ0) is 12.8. The van der Waals surface area contributed by atoms with Crippen molar-refractivity contribution in [3.63, 3.8) is 0 Å². The van der Waals surface area contributed by atoms with Gasteiger partial charge in [0.2, 0.25) is 0 Å². The van der Waals surface area contributed by atoms with Crippen LogP contribution < -0.4 is 10.9 Å². The van der Waals surface area contributed by atoms with Crippen LogP contribution in [0.25, 0.3) is 11.4 Å². The third-order valence-corrected chi connectivity index (χ3v) is 3.04. The average Bonchev–Trinajstić information content (AvgIpc) is 3.05. The maximum Gasteiger partial charge on any atom is 0.166 e. The number of aromatic amines is 1. The Hall–Kier alpha value is -1.07.